The summed E-state index contributed by atoms with van der Waals surface area (Å²) >= 11 is 0. The molecule has 3 aromatic carbocycles. The quantitative estimate of drug-likeness (QED) is 0.171. The summed E-state index contributed by atoms with van der Waals surface area (Å²) in [7, 11) is 1.68. The highest BCUT2D eigenvalue weighted by molar-refractivity contribution is 5.91. The molecule has 5 aromatic rings. The molecule has 230 valence electrons. The molecule has 1 aliphatic heterocycles. The predicted molar refractivity (Wildman–Crippen MR) is 173 cm³/mol. The van der Waals surface area contributed by atoms with Crippen LogP contribution in [0.2, 0.25) is 0 Å². The summed E-state index contributed by atoms with van der Waals surface area (Å²) < 4.78 is 19.3. The van der Waals surface area contributed by atoms with Crippen LogP contribution in [0.5, 0.6) is 5.88 Å². The van der Waals surface area contributed by atoms with E-state index in [1.807, 2.05) is 110 Å². The topological polar surface area (TPSA) is 99.5 Å². The fourth-order valence-corrected chi connectivity index (χ4v) is 5.61. The van der Waals surface area contributed by atoms with Crippen LogP contribution in [-0.4, -0.2) is 46.7 Å². The van der Waals surface area contributed by atoms with Gasteiger partial charge in [-0.2, -0.15) is 5.10 Å². The number of amides is 2. The first-order chi connectivity index (χ1) is 22.1. The number of carbonyl (C=O) groups excluding carboxylic acids is 1. The standard InChI is InChI=1S/C36H37N5O4/c1-25-33(28-18-19-32(37-23-28)44-24-26-12-6-3-7-13-26)40-41(29-16-10-5-11-17-29)35(25)39-36(42)38-31-22-30(20-21-43-2)45-34(31)27-14-8-4-9-15-27/h3-19,23,30-31,34H,20-22,24H2,1-2H3,(H2,38,39,42)/t30?,31-,34+/m1/s1. The number of pyridine rings is 1. The smallest absolute Gasteiger partial charge is 0.320 e. The minimum atomic E-state index is -0.327. The lowest BCUT2D eigenvalue weighted by Crippen LogP contribution is -2.40. The van der Waals surface area contributed by atoms with E-state index in [4.69, 9.17) is 19.3 Å². The van der Waals surface area contributed by atoms with Gasteiger partial charge in [0.25, 0.3) is 0 Å². The Labute approximate surface area is 263 Å². The number of ether oxygens (including phenoxy) is 3. The van der Waals surface area contributed by atoms with Gasteiger partial charge in [-0.05, 0) is 49.1 Å². The summed E-state index contributed by atoms with van der Waals surface area (Å²) in [5.41, 5.74) is 5.26. The monoisotopic (exact) mass is 603 g/mol. The normalized spacial score (nSPS) is 17.6. The molecule has 9 heteroatoms. The lowest BCUT2D eigenvalue weighted by atomic mass is 10.0. The predicted octanol–water partition coefficient (Wildman–Crippen LogP) is 6.88. The minimum Gasteiger partial charge on any atom is -0.473 e. The van der Waals surface area contributed by atoms with E-state index in [2.05, 4.69) is 15.6 Å². The van der Waals surface area contributed by atoms with Crippen LogP contribution < -0.4 is 15.4 Å². The van der Waals surface area contributed by atoms with Gasteiger partial charge in [-0.1, -0.05) is 78.9 Å². The molecule has 45 heavy (non-hydrogen) atoms. The van der Waals surface area contributed by atoms with Crippen molar-refractivity contribution in [1.82, 2.24) is 20.1 Å². The molecule has 1 aliphatic rings. The van der Waals surface area contributed by atoms with E-state index in [1.54, 1.807) is 18.0 Å². The zero-order valence-electron chi connectivity index (χ0n) is 25.4. The molecule has 3 heterocycles. The van der Waals surface area contributed by atoms with Crippen LogP contribution in [0.25, 0.3) is 16.9 Å². The zero-order valence-corrected chi connectivity index (χ0v) is 25.4. The summed E-state index contributed by atoms with van der Waals surface area (Å²) in [4.78, 5) is 18.1. The lowest BCUT2D eigenvalue weighted by molar-refractivity contribution is 0.0212. The van der Waals surface area contributed by atoms with Gasteiger partial charge in [-0.15, -0.1) is 0 Å². The second-order valence-corrected chi connectivity index (χ2v) is 11.0. The Morgan fingerprint density at radius 1 is 0.956 bits per heavy atom. The molecule has 2 aromatic heterocycles. The molecule has 1 unspecified atom stereocenters. The Bertz CT molecular complexity index is 1680. The first-order valence-electron chi connectivity index (χ1n) is 15.1. The summed E-state index contributed by atoms with van der Waals surface area (Å²) in [6, 6.07) is 32.9. The molecule has 0 radical (unpaired) electrons. The Kier molecular flexibility index (Phi) is 9.48. The highest BCUT2D eigenvalue weighted by Crippen LogP contribution is 2.35. The van der Waals surface area contributed by atoms with Crippen molar-refractivity contribution < 1.29 is 19.0 Å². The molecule has 0 aliphatic carbocycles. The SMILES string of the molecule is COCCC1C[C@@H](NC(=O)Nc2c(C)c(-c3ccc(OCc4ccccc4)nc3)nn2-c2ccccc2)[C@H](c2ccccc2)O1. The second-order valence-electron chi connectivity index (χ2n) is 11.0. The maximum absolute atomic E-state index is 13.6. The van der Waals surface area contributed by atoms with Crippen molar-refractivity contribution in [2.75, 3.05) is 19.0 Å². The molecule has 2 N–H and O–H groups in total. The van der Waals surface area contributed by atoms with Crippen molar-refractivity contribution in [2.45, 2.75) is 44.6 Å². The second kappa shape index (κ2) is 14.2. The molecule has 0 bridgehead atoms. The van der Waals surface area contributed by atoms with Crippen LogP contribution in [0.4, 0.5) is 10.6 Å². The van der Waals surface area contributed by atoms with E-state index in [1.165, 1.54) is 0 Å². The third-order valence-electron chi connectivity index (χ3n) is 7.90. The van der Waals surface area contributed by atoms with Crippen molar-refractivity contribution >= 4 is 11.8 Å². The van der Waals surface area contributed by atoms with Crippen molar-refractivity contribution in [3.63, 3.8) is 0 Å². The van der Waals surface area contributed by atoms with Gasteiger partial charge in [-0.3, -0.25) is 5.32 Å². The highest BCUT2D eigenvalue weighted by atomic mass is 16.5. The number of urea groups is 1. The average Bonchev–Trinajstić information content (AvgIpc) is 3.64. The number of anilines is 1. The number of hydrogen-bond acceptors (Lipinski definition) is 6. The van der Waals surface area contributed by atoms with E-state index in [0.29, 0.717) is 37.0 Å². The van der Waals surface area contributed by atoms with Crippen LogP contribution in [0.15, 0.2) is 109 Å². The molecule has 0 spiro atoms. The van der Waals surface area contributed by atoms with E-state index in [9.17, 15) is 4.79 Å². The molecule has 3 atom stereocenters. The van der Waals surface area contributed by atoms with Crippen LogP contribution in [0.1, 0.15) is 35.6 Å². The van der Waals surface area contributed by atoms with Gasteiger partial charge in [-0.25, -0.2) is 14.5 Å². The molecule has 1 fully saturated rings. The van der Waals surface area contributed by atoms with Gasteiger partial charge >= 0.3 is 6.03 Å². The molecule has 9 nitrogen and oxygen atoms in total. The Balaban J connectivity index is 1.22. The van der Waals surface area contributed by atoms with Crippen LogP contribution in [0.3, 0.4) is 0 Å². The number of carbonyl (C=O) groups is 1. The average molecular weight is 604 g/mol. The first-order valence-corrected chi connectivity index (χ1v) is 15.1. The Morgan fingerprint density at radius 3 is 2.36 bits per heavy atom. The van der Waals surface area contributed by atoms with E-state index < -0.39 is 0 Å². The van der Waals surface area contributed by atoms with Crippen molar-refractivity contribution in [3.8, 4) is 22.8 Å². The largest absolute Gasteiger partial charge is 0.473 e. The number of methoxy groups -OCH3 is 1. The van der Waals surface area contributed by atoms with Gasteiger partial charge < -0.3 is 19.5 Å². The number of nitrogens with one attached hydrogen (secondary N) is 2. The summed E-state index contributed by atoms with van der Waals surface area (Å²) in [5.74, 6) is 1.10. The van der Waals surface area contributed by atoms with E-state index >= 15 is 0 Å². The van der Waals surface area contributed by atoms with E-state index in [-0.39, 0.29) is 24.3 Å². The molecule has 2 amide bonds. The van der Waals surface area contributed by atoms with Crippen LogP contribution in [-0.2, 0) is 16.1 Å². The van der Waals surface area contributed by atoms with Gasteiger partial charge in [0.05, 0.1) is 23.5 Å². The highest BCUT2D eigenvalue weighted by Gasteiger charge is 2.37. The van der Waals surface area contributed by atoms with Gasteiger partial charge in [0.1, 0.15) is 18.5 Å². The fourth-order valence-electron chi connectivity index (χ4n) is 5.61. The van der Waals surface area contributed by atoms with Crippen LogP contribution >= 0.6 is 0 Å². The maximum atomic E-state index is 13.6. The summed E-state index contributed by atoms with van der Waals surface area (Å²) in [6.45, 7) is 2.98. The van der Waals surface area contributed by atoms with E-state index in [0.717, 1.165) is 34.4 Å². The molecular weight excluding hydrogens is 566 g/mol. The number of hydrogen-bond donors (Lipinski definition) is 2. The third kappa shape index (κ3) is 7.22. The number of aromatic nitrogens is 3. The maximum Gasteiger partial charge on any atom is 0.320 e. The Morgan fingerprint density at radius 2 is 1.67 bits per heavy atom. The molecule has 0 saturated carbocycles. The van der Waals surface area contributed by atoms with Gasteiger partial charge in [0.2, 0.25) is 5.88 Å². The number of nitrogens with zero attached hydrogens (tertiary/aromatic N) is 3. The number of benzene rings is 3. The first kappa shape index (κ1) is 30.1. The van der Waals surface area contributed by atoms with Crippen LogP contribution in [0, 0.1) is 6.92 Å². The lowest BCUT2D eigenvalue weighted by Gasteiger charge is -2.21. The molecular formula is C36H37N5O4. The number of para-hydroxylation sites is 1. The summed E-state index contributed by atoms with van der Waals surface area (Å²) in [5, 5.41) is 11.2. The molecule has 1 saturated heterocycles. The molecule has 6 rings (SSSR count). The van der Waals surface area contributed by atoms with Crippen molar-refractivity contribution in [3.05, 3.63) is 126 Å². The van der Waals surface area contributed by atoms with Gasteiger partial charge in [0.15, 0.2) is 0 Å². The minimum absolute atomic E-state index is 0.0178. The van der Waals surface area contributed by atoms with Crippen molar-refractivity contribution in [2.24, 2.45) is 0 Å². The number of rotatable bonds is 11. The van der Waals surface area contributed by atoms with Gasteiger partial charge in [0, 0.05) is 37.1 Å². The fraction of sp³-hybridized carbons (Fsp3) is 0.250. The zero-order chi connectivity index (χ0) is 31.0. The van der Waals surface area contributed by atoms with Crippen molar-refractivity contribution in [1.29, 1.82) is 0 Å². The third-order valence-corrected chi connectivity index (χ3v) is 7.90. The Hall–Kier alpha value is -4.99. The summed E-state index contributed by atoms with van der Waals surface area (Å²) in [6.07, 6.45) is 2.91.